The number of hydrogen-bond acceptors (Lipinski definition) is 2. The number of carbonyl (C=O) groups is 1. The van der Waals surface area contributed by atoms with E-state index in [0.29, 0.717) is 6.54 Å². The highest BCUT2D eigenvalue weighted by Gasteiger charge is 2.17. The Labute approximate surface area is 116 Å². The lowest BCUT2D eigenvalue weighted by molar-refractivity contribution is -0.120. The molecule has 102 valence electrons. The number of rotatable bonds is 4. The Morgan fingerprint density at radius 1 is 1.15 bits per heavy atom. The summed E-state index contributed by atoms with van der Waals surface area (Å²) in [5.41, 5.74) is 0.934. The van der Waals surface area contributed by atoms with Crippen molar-refractivity contribution in [3.05, 3.63) is 55.0 Å². The largest absolute Gasteiger partial charge is 0.507 e. The van der Waals surface area contributed by atoms with Crippen LogP contribution in [-0.4, -0.2) is 20.0 Å². The molecule has 0 amide bonds. The van der Waals surface area contributed by atoms with Crippen molar-refractivity contribution in [1.82, 2.24) is 9.13 Å². The van der Waals surface area contributed by atoms with Crippen molar-refractivity contribution in [1.29, 1.82) is 0 Å². The van der Waals surface area contributed by atoms with Gasteiger partial charge in [-0.3, -0.25) is 4.79 Å². The van der Waals surface area contributed by atoms with Crippen molar-refractivity contribution in [2.45, 2.75) is 19.5 Å². The average molecular weight is 268 g/mol. The van der Waals surface area contributed by atoms with Gasteiger partial charge in [0.1, 0.15) is 11.8 Å². The average Bonchev–Trinajstić information content (AvgIpc) is 3.05. The van der Waals surface area contributed by atoms with Gasteiger partial charge >= 0.3 is 0 Å². The molecule has 1 N–H and O–H groups in total. The molecule has 0 spiro atoms. The van der Waals surface area contributed by atoms with Gasteiger partial charge in [0.2, 0.25) is 0 Å². The highest BCUT2D eigenvalue weighted by Crippen LogP contribution is 2.26. The summed E-state index contributed by atoms with van der Waals surface area (Å²) in [5.74, 6) is 0.379. The molecule has 4 heteroatoms. The van der Waals surface area contributed by atoms with E-state index in [4.69, 9.17) is 0 Å². The Bertz CT molecular complexity index is 741. The van der Waals surface area contributed by atoms with Gasteiger partial charge in [-0.1, -0.05) is 6.07 Å². The summed E-state index contributed by atoms with van der Waals surface area (Å²) in [4.78, 5) is 11.9. The Hall–Kier alpha value is -2.49. The third kappa shape index (κ3) is 2.09. The van der Waals surface area contributed by atoms with Gasteiger partial charge in [-0.15, -0.1) is 0 Å². The van der Waals surface area contributed by atoms with Crippen LogP contribution in [-0.2, 0) is 11.3 Å². The molecule has 0 unspecified atom stereocenters. The van der Waals surface area contributed by atoms with Gasteiger partial charge in [0, 0.05) is 24.0 Å². The predicted octanol–water partition coefficient (Wildman–Crippen LogP) is 2.98. The van der Waals surface area contributed by atoms with Crippen LogP contribution in [0.2, 0.25) is 0 Å². The van der Waals surface area contributed by atoms with Crippen molar-refractivity contribution in [2.24, 2.45) is 0 Å². The number of ketones is 1. The zero-order chi connectivity index (χ0) is 14.1. The summed E-state index contributed by atoms with van der Waals surface area (Å²) >= 11 is 0. The van der Waals surface area contributed by atoms with Crippen molar-refractivity contribution >= 4 is 16.7 Å². The zero-order valence-electron chi connectivity index (χ0n) is 11.2. The van der Waals surface area contributed by atoms with Crippen molar-refractivity contribution in [3.63, 3.8) is 0 Å². The molecule has 0 aliphatic heterocycles. The first kappa shape index (κ1) is 12.5. The first-order valence-corrected chi connectivity index (χ1v) is 6.56. The molecule has 1 aromatic carbocycles. The topological polar surface area (TPSA) is 47.2 Å². The smallest absolute Gasteiger partial charge is 0.154 e. The Morgan fingerprint density at radius 2 is 1.90 bits per heavy atom. The predicted molar refractivity (Wildman–Crippen MR) is 77.8 cm³/mol. The minimum Gasteiger partial charge on any atom is -0.507 e. The van der Waals surface area contributed by atoms with Gasteiger partial charge in [0.05, 0.1) is 12.1 Å². The monoisotopic (exact) mass is 268 g/mol. The first-order chi connectivity index (χ1) is 9.66. The molecule has 20 heavy (non-hydrogen) atoms. The molecule has 3 rings (SSSR count). The fraction of sp³-hybridized carbons (Fsp3) is 0.188. The van der Waals surface area contributed by atoms with Gasteiger partial charge in [-0.25, -0.2) is 0 Å². The number of aromatic hydroxyl groups is 1. The van der Waals surface area contributed by atoms with E-state index in [-0.39, 0.29) is 17.6 Å². The minimum absolute atomic E-state index is 0.114. The molecule has 0 aliphatic carbocycles. The number of nitrogens with zero attached hydrogens (tertiary/aromatic N) is 2. The van der Waals surface area contributed by atoms with Crippen LogP contribution >= 0.6 is 0 Å². The number of benzene rings is 1. The fourth-order valence-electron chi connectivity index (χ4n) is 2.54. The van der Waals surface area contributed by atoms with E-state index in [0.717, 1.165) is 10.9 Å². The molecular formula is C16H16N2O2. The second-order valence-corrected chi connectivity index (χ2v) is 4.93. The van der Waals surface area contributed by atoms with Crippen molar-refractivity contribution in [3.8, 4) is 5.75 Å². The van der Waals surface area contributed by atoms with E-state index in [1.54, 1.807) is 13.0 Å². The summed E-state index contributed by atoms with van der Waals surface area (Å²) in [7, 11) is 0. The van der Waals surface area contributed by atoms with Crippen LogP contribution in [0.15, 0.2) is 55.0 Å². The first-order valence-electron chi connectivity index (χ1n) is 6.56. The summed E-state index contributed by atoms with van der Waals surface area (Å²) < 4.78 is 3.91. The Kier molecular flexibility index (Phi) is 3.06. The van der Waals surface area contributed by atoms with E-state index < -0.39 is 0 Å². The Balaban J connectivity index is 1.99. The number of phenolic OH excluding ortho intramolecular Hbond substituents is 1. The fourth-order valence-corrected chi connectivity index (χ4v) is 2.54. The molecule has 2 heterocycles. The second-order valence-electron chi connectivity index (χ2n) is 4.93. The van der Waals surface area contributed by atoms with Crippen molar-refractivity contribution < 1.29 is 9.90 Å². The van der Waals surface area contributed by atoms with Gasteiger partial charge < -0.3 is 14.2 Å². The summed E-state index contributed by atoms with van der Waals surface area (Å²) in [6.07, 6.45) is 5.70. The van der Waals surface area contributed by atoms with E-state index in [1.165, 1.54) is 0 Å². The van der Waals surface area contributed by atoms with Crippen molar-refractivity contribution in [2.75, 3.05) is 0 Å². The third-order valence-electron chi connectivity index (χ3n) is 3.62. The van der Waals surface area contributed by atoms with E-state index in [1.807, 2.05) is 58.1 Å². The van der Waals surface area contributed by atoms with Crippen LogP contribution in [0.4, 0.5) is 0 Å². The lowest BCUT2D eigenvalue weighted by atomic mass is 10.2. The molecule has 2 aromatic heterocycles. The standard InChI is InChI=1S/C16H16N2O2/c1-12(19)15(17-8-2-3-9-17)11-18-10-7-13-14(18)5-4-6-16(13)20/h2-10,15,20H,11H2,1H3/t15-/m0/s1. The van der Waals surface area contributed by atoms with Gasteiger partial charge in [0.25, 0.3) is 0 Å². The molecule has 4 nitrogen and oxygen atoms in total. The number of hydrogen-bond donors (Lipinski definition) is 1. The van der Waals surface area contributed by atoms with E-state index in [9.17, 15) is 9.90 Å². The molecular weight excluding hydrogens is 252 g/mol. The van der Waals surface area contributed by atoms with Crippen LogP contribution in [0, 0.1) is 0 Å². The number of fused-ring (bicyclic) bond motifs is 1. The molecule has 3 aromatic rings. The maximum Gasteiger partial charge on any atom is 0.154 e. The minimum atomic E-state index is -0.233. The summed E-state index contributed by atoms with van der Waals surface area (Å²) in [6.45, 7) is 2.16. The molecule has 1 atom stereocenters. The van der Waals surface area contributed by atoms with Crippen LogP contribution < -0.4 is 0 Å². The second kappa shape index (κ2) is 4.89. The van der Waals surface area contributed by atoms with Crippen LogP contribution in [0.1, 0.15) is 13.0 Å². The highest BCUT2D eigenvalue weighted by atomic mass is 16.3. The van der Waals surface area contributed by atoms with Crippen LogP contribution in [0.5, 0.6) is 5.75 Å². The van der Waals surface area contributed by atoms with Crippen LogP contribution in [0.25, 0.3) is 10.9 Å². The highest BCUT2D eigenvalue weighted by molar-refractivity contribution is 5.86. The third-order valence-corrected chi connectivity index (χ3v) is 3.62. The van der Waals surface area contributed by atoms with Gasteiger partial charge in [-0.05, 0) is 37.3 Å². The number of aromatic nitrogens is 2. The SMILES string of the molecule is CC(=O)[C@H](Cn1ccc2c(O)cccc21)n1cccc1. The Morgan fingerprint density at radius 3 is 2.60 bits per heavy atom. The van der Waals surface area contributed by atoms with Gasteiger partial charge in [-0.2, -0.15) is 0 Å². The lowest BCUT2D eigenvalue weighted by Gasteiger charge is -2.17. The summed E-state index contributed by atoms with van der Waals surface area (Å²) in [6, 6.07) is 10.9. The molecule has 0 fully saturated rings. The number of carbonyl (C=O) groups excluding carboxylic acids is 1. The van der Waals surface area contributed by atoms with Gasteiger partial charge in [0.15, 0.2) is 5.78 Å². The maximum absolute atomic E-state index is 11.9. The lowest BCUT2D eigenvalue weighted by Crippen LogP contribution is -2.21. The molecule has 0 radical (unpaired) electrons. The molecule has 0 bridgehead atoms. The maximum atomic E-state index is 11.9. The van der Waals surface area contributed by atoms with Crippen LogP contribution in [0.3, 0.4) is 0 Å². The molecule has 0 saturated heterocycles. The number of phenols is 1. The molecule has 0 saturated carbocycles. The quantitative estimate of drug-likeness (QED) is 0.790. The zero-order valence-corrected chi connectivity index (χ0v) is 11.2. The number of Topliss-reactive ketones (excluding diaryl/α,β-unsaturated/α-hetero) is 1. The summed E-state index contributed by atoms with van der Waals surface area (Å²) in [5, 5.41) is 10.6. The normalized spacial score (nSPS) is 12.7. The van der Waals surface area contributed by atoms with E-state index >= 15 is 0 Å². The van der Waals surface area contributed by atoms with E-state index in [2.05, 4.69) is 0 Å². The molecule has 0 aliphatic rings.